The lowest BCUT2D eigenvalue weighted by atomic mass is 10.1. The Balaban J connectivity index is 2.82. The van der Waals surface area contributed by atoms with Gasteiger partial charge in [0.2, 0.25) is 5.91 Å². The lowest BCUT2D eigenvalue weighted by molar-refractivity contribution is -0.121. The fraction of sp³-hybridized carbons (Fsp3) is 0.583. The van der Waals surface area contributed by atoms with Crippen LogP contribution >= 0.6 is 0 Å². The molecule has 1 rings (SSSR count). The van der Waals surface area contributed by atoms with Crippen molar-refractivity contribution in [1.82, 2.24) is 15.3 Å². The minimum absolute atomic E-state index is 0.0422. The van der Waals surface area contributed by atoms with Gasteiger partial charge in [-0.25, -0.2) is 4.79 Å². The monoisotopic (exact) mass is 237 g/mol. The fourth-order valence-electron chi connectivity index (χ4n) is 1.60. The molecule has 17 heavy (non-hydrogen) atoms. The number of H-pyrrole nitrogens is 1. The van der Waals surface area contributed by atoms with Gasteiger partial charge < -0.3 is 10.3 Å². The number of carbonyl (C=O) groups excluding carboxylic acids is 1. The number of hydrogen-bond donors (Lipinski definition) is 2. The van der Waals surface area contributed by atoms with E-state index in [0.29, 0.717) is 11.4 Å². The molecule has 0 aliphatic carbocycles. The maximum absolute atomic E-state index is 11.7. The quantitative estimate of drug-likeness (QED) is 0.815. The number of aryl methyl sites for hydroxylation is 2. The number of aromatic amines is 1. The Morgan fingerprint density at radius 3 is 2.65 bits per heavy atom. The van der Waals surface area contributed by atoms with Crippen molar-refractivity contribution in [2.75, 3.05) is 0 Å². The number of aromatic nitrogens is 2. The molecule has 0 aliphatic rings. The summed E-state index contributed by atoms with van der Waals surface area (Å²) < 4.78 is 0. The first kappa shape index (κ1) is 13.4. The third-order valence-corrected chi connectivity index (χ3v) is 2.81. The first-order valence-corrected chi connectivity index (χ1v) is 5.79. The summed E-state index contributed by atoms with van der Waals surface area (Å²) in [5, 5.41) is 2.89. The zero-order valence-corrected chi connectivity index (χ0v) is 10.8. The van der Waals surface area contributed by atoms with Crippen molar-refractivity contribution in [3.8, 4) is 0 Å². The minimum atomic E-state index is -0.369. The van der Waals surface area contributed by atoms with E-state index in [-0.39, 0.29) is 24.1 Å². The Labute approximate surface area is 101 Å². The molecule has 0 aromatic carbocycles. The van der Waals surface area contributed by atoms with Crippen molar-refractivity contribution in [2.45, 2.75) is 46.6 Å². The van der Waals surface area contributed by atoms with E-state index in [9.17, 15) is 9.59 Å². The number of nitrogens with one attached hydrogen (secondary N) is 2. The van der Waals surface area contributed by atoms with Crippen molar-refractivity contribution in [3.63, 3.8) is 0 Å². The maximum atomic E-state index is 11.7. The summed E-state index contributed by atoms with van der Waals surface area (Å²) in [6.45, 7) is 7.50. The smallest absolute Gasteiger partial charge is 0.345 e. The molecule has 5 nitrogen and oxygen atoms in total. The van der Waals surface area contributed by atoms with E-state index in [4.69, 9.17) is 0 Å². The molecule has 2 N–H and O–H groups in total. The molecule has 0 bridgehead atoms. The van der Waals surface area contributed by atoms with Gasteiger partial charge in [-0.3, -0.25) is 4.79 Å². The van der Waals surface area contributed by atoms with E-state index < -0.39 is 0 Å². The van der Waals surface area contributed by atoms with Crippen molar-refractivity contribution < 1.29 is 4.79 Å². The molecule has 0 fully saturated rings. The van der Waals surface area contributed by atoms with Gasteiger partial charge in [0, 0.05) is 23.0 Å². The van der Waals surface area contributed by atoms with Gasteiger partial charge in [0.05, 0.1) is 6.42 Å². The van der Waals surface area contributed by atoms with E-state index in [1.165, 1.54) is 0 Å². The Hall–Kier alpha value is -1.65. The van der Waals surface area contributed by atoms with E-state index >= 15 is 0 Å². The molecule has 1 atom stereocenters. The Kier molecular flexibility index (Phi) is 4.43. The molecule has 1 aromatic rings. The molecule has 1 unspecified atom stereocenters. The molecule has 5 heteroatoms. The summed E-state index contributed by atoms with van der Waals surface area (Å²) in [5.41, 5.74) is 1.75. The number of amides is 1. The summed E-state index contributed by atoms with van der Waals surface area (Å²) in [7, 11) is 0. The van der Waals surface area contributed by atoms with E-state index in [1.807, 2.05) is 13.8 Å². The second-order valence-electron chi connectivity index (χ2n) is 4.28. The van der Waals surface area contributed by atoms with Crippen molar-refractivity contribution in [3.05, 3.63) is 27.4 Å². The Morgan fingerprint density at radius 1 is 1.47 bits per heavy atom. The summed E-state index contributed by atoms with van der Waals surface area (Å²) >= 11 is 0. The normalized spacial score (nSPS) is 12.2. The fourth-order valence-corrected chi connectivity index (χ4v) is 1.60. The molecule has 0 spiro atoms. The van der Waals surface area contributed by atoms with Gasteiger partial charge >= 0.3 is 5.69 Å². The van der Waals surface area contributed by atoms with Crippen LogP contribution in [-0.2, 0) is 11.2 Å². The van der Waals surface area contributed by atoms with Crippen LogP contribution in [0.2, 0.25) is 0 Å². The van der Waals surface area contributed by atoms with Crippen LogP contribution in [0, 0.1) is 13.8 Å². The van der Waals surface area contributed by atoms with Gasteiger partial charge in [-0.2, -0.15) is 4.98 Å². The largest absolute Gasteiger partial charge is 0.353 e. The molecule has 0 aliphatic heterocycles. The van der Waals surface area contributed by atoms with Crippen molar-refractivity contribution in [2.24, 2.45) is 0 Å². The Morgan fingerprint density at radius 2 is 2.12 bits per heavy atom. The van der Waals surface area contributed by atoms with Crippen LogP contribution < -0.4 is 11.0 Å². The molecule has 1 heterocycles. The van der Waals surface area contributed by atoms with Crippen LogP contribution in [0.3, 0.4) is 0 Å². The molecular weight excluding hydrogens is 218 g/mol. The van der Waals surface area contributed by atoms with Gasteiger partial charge in [-0.1, -0.05) is 6.92 Å². The van der Waals surface area contributed by atoms with Crippen LogP contribution in [0.4, 0.5) is 0 Å². The van der Waals surface area contributed by atoms with E-state index in [1.54, 1.807) is 13.8 Å². The minimum Gasteiger partial charge on any atom is -0.353 e. The van der Waals surface area contributed by atoms with Crippen LogP contribution in [-0.4, -0.2) is 21.9 Å². The number of carbonyl (C=O) groups is 1. The highest BCUT2D eigenvalue weighted by Gasteiger charge is 2.12. The third-order valence-electron chi connectivity index (χ3n) is 2.81. The van der Waals surface area contributed by atoms with Crippen LogP contribution in [0.5, 0.6) is 0 Å². The average Bonchev–Trinajstić information content (AvgIpc) is 2.23. The van der Waals surface area contributed by atoms with E-state index in [0.717, 1.165) is 12.0 Å². The zero-order valence-electron chi connectivity index (χ0n) is 10.8. The SMILES string of the molecule is CCC(C)NC(=O)Cc1c(C)nc(=O)[nH]c1C. The highest BCUT2D eigenvalue weighted by Crippen LogP contribution is 2.07. The average molecular weight is 237 g/mol. The molecular formula is C12H19N3O2. The number of hydrogen-bond acceptors (Lipinski definition) is 3. The van der Waals surface area contributed by atoms with Crippen molar-refractivity contribution >= 4 is 5.91 Å². The van der Waals surface area contributed by atoms with Gasteiger partial charge in [0.15, 0.2) is 0 Å². The summed E-state index contributed by atoms with van der Waals surface area (Å²) in [4.78, 5) is 29.2. The second-order valence-corrected chi connectivity index (χ2v) is 4.28. The molecule has 1 amide bonds. The standard InChI is InChI=1S/C12H19N3O2/c1-5-7(2)13-11(16)6-10-8(3)14-12(17)15-9(10)4/h7H,5-6H2,1-4H3,(H,13,16)(H,14,15,17). The maximum Gasteiger partial charge on any atom is 0.345 e. The summed E-state index contributed by atoms with van der Waals surface area (Å²) in [5.74, 6) is -0.0422. The molecule has 0 radical (unpaired) electrons. The second kappa shape index (κ2) is 5.61. The van der Waals surface area contributed by atoms with Gasteiger partial charge in [-0.05, 0) is 27.2 Å². The summed E-state index contributed by atoms with van der Waals surface area (Å²) in [6, 6.07) is 0.166. The van der Waals surface area contributed by atoms with Gasteiger partial charge in [0.25, 0.3) is 0 Å². The molecule has 1 aromatic heterocycles. The van der Waals surface area contributed by atoms with Crippen LogP contribution in [0.1, 0.15) is 37.2 Å². The lowest BCUT2D eigenvalue weighted by Gasteiger charge is -2.13. The van der Waals surface area contributed by atoms with Crippen molar-refractivity contribution in [1.29, 1.82) is 0 Å². The molecule has 94 valence electrons. The number of rotatable bonds is 4. The predicted octanol–water partition coefficient (Wildman–Crippen LogP) is 0.844. The molecule has 0 saturated heterocycles. The lowest BCUT2D eigenvalue weighted by Crippen LogP contribution is -2.33. The topological polar surface area (TPSA) is 74.8 Å². The van der Waals surface area contributed by atoms with Crippen LogP contribution in [0.15, 0.2) is 4.79 Å². The van der Waals surface area contributed by atoms with E-state index in [2.05, 4.69) is 15.3 Å². The van der Waals surface area contributed by atoms with Gasteiger partial charge in [0.1, 0.15) is 0 Å². The third kappa shape index (κ3) is 3.69. The number of nitrogens with zero attached hydrogens (tertiary/aromatic N) is 1. The molecule has 0 saturated carbocycles. The summed E-state index contributed by atoms with van der Waals surface area (Å²) in [6.07, 6.45) is 1.15. The van der Waals surface area contributed by atoms with Crippen LogP contribution in [0.25, 0.3) is 0 Å². The highest BCUT2D eigenvalue weighted by atomic mass is 16.2. The highest BCUT2D eigenvalue weighted by molar-refractivity contribution is 5.79. The Bertz CT molecular complexity index is 439. The zero-order chi connectivity index (χ0) is 13.0. The first-order valence-electron chi connectivity index (χ1n) is 5.79. The predicted molar refractivity (Wildman–Crippen MR) is 65.9 cm³/mol. The van der Waals surface area contributed by atoms with Gasteiger partial charge in [-0.15, -0.1) is 0 Å². The first-order chi connectivity index (χ1) is 7.93.